The molecule has 0 N–H and O–H groups in total. The minimum Gasteiger partial charge on any atom is -0.369 e. The van der Waals surface area contributed by atoms with Crippen LogP contribution < -0.4 is 4.90 Å². The van der Waals surface area contributed by atoms with E-state index < -0.39 is 0 Å². The highest BCUT2D eigenvalue weighted by molar-refractivity contribution is 5.72. The van der Waals surface area contributed by atoms with Crippen molar-refractivity contribution >= 4 is 11.4 Å². The van der Waals surface area contributed by atoms with Crippen molar-refractivity contribution in [2.45, 2.75) is 83.3 Å². The number of benzene rings is 1. The molecular formula is C33H51N5. The van der Waals surface area contributed by atoms with Crippen molar-refractivity contribution in [3.8, 4) is 0 Å². The average Bonchev–Trinajstić information content (AvgIpc) is 3.90. The second-order valence-electron chi connectivity index (χ2n) is 13.8. The molecule has 0 atom stereocenters. The first-order valence-corrected chi connectivity index (χ1v) is 16.1. The standard InChI is InChI=1S/C33H51N5/c1-3-33(12-13-33)25-35-14-8-27(9-15-35)23-34-16-10-29(11-17-34)36-18-20-37(21-19-36)31-6-7-32-26(2)38(30-4-5-30)24-28(32)22-31/h6-7,22,27,29-30H,2-5,8-21,23-25H2,1H3. The van der Waals surface area contributed by atoms with Crippen LogP contribution in [0.15, 0.2) is 24.8 Å². The van der Waals surface area contributed by atoms with Crippen LogP contribution in [-0.4, -0.2) is 97.1 Å². The lowest BCUT2D eigenvalue weighted by Crippen LogP contribution is -2.53. The fraction of sp³-hybridized carbons (Fsp3) is 0.758. The summed E-state index contributed by atoms with van der Waals surface area (Å²) in [5, 5.41) is 0. The zero-order valence-electron chi connectivity index (χ0n) is 24.0. The first-order chi connectivity index (χ1) is 18.6. The van der Waals surface area contributed by atoms with E-state index in [0.29, 0.717) is 5.41 Å². The molecule has 6 aliphatic rings. The number of likely N-dealkylation sites (tertiary alicyclic amines) is 2. The fourth-order valence-corrected chi connectivity index (χ4v) is 8.14. The Hall–Kier alpha value is -1.56. The summed E-state index contributed by atoms with van der Waals surface area (Å²) in [7, 11) is 0. The van der Waals surface area contributed by atoms with Gasteiger partial charge in [0.25, 0.3) is 0 Å². The van der Waals surface area contributed by atoms with E-state index in [1.54, 1.807) is 0 Å². The van der Waals surface area contributed by atoms with E-state index >= 15 is 0 Å². The van der Waals surface area contributed by atoms with Gasteiger partial charge in [-0.2, -0.15) is 0 Å². The molecule has 4 heterocycles. The zero-order chi connectivity index (χ0) is 25.7. The van der Waals surface area contributed by atoms with Crippen molar-refractivity contribution in [2.24, 2.45) is 11.3 Å². The largest absolute Gasteiger partial charge is 0.369 e. The van der Waals surface area contributed by atoms with Gasteiger partial charge in [-0.05, 0) is 113 Å². The lowest BCUT2D eigenvalue weighted by Gasteiger charge is -2.44. The number of piperazine rings is 1. The Morgan fingerprint density at radius 2 is 1.53 bits per heavy atom. The molecule has 5 fully saturated rings. The Morgan fingerprint density at radius 3 is 2.18 bits per heavy atom. The molecule has 3 saturated heterocycles. The molecule has 0 amide bonds. The van der Waals surface area contributed by atoms with Crippen molar-refractivity contribution in [3.05, 3.63) is 35.9 Å². The molecule has 38 heavy (non-hydrogen) atoms. The van der Waals surface area contributed by atoms with E-state index in [-0.39, 0.29) is 0 Å². The van der Waals surface area contributed by atoms with Crippen molar-refractivity contribution in [1.82, 2.24) is 19.6 Å². The van der Waals surface area contributed by atoms with E-state index in [1.165, 1.54) is 146 Å². The number of fused-ring (bicyclic) bond motifs is 1. The van der Waals surface area contributed by atoms with Gasteiger partial charge in [-0.3, -0.25) is 4.90 Å². The number of rotatable bonds is 8. The molecule has 7 rings (SSSR count). The van der Waals surface area contributed by atoms with Crippen molar-refractivity contribution < 1.29 is 0 Å². The Balaban J connectivity index is 0.835. The van der Waals surface area contributed by atoms with Crippen LogP contribution >= 0.6 is 0 Å². The molecule has 2 aliphatic carbocycles. The third kappa shape index (κ3) is 5.28. The topological polar surface area (TPSA) is 16.2 Å². The first-order valence-electron chi connectivity index (χ1n) is 16.1. The molecule has 0 spiro atoms. The number of hydrogen-bond donors (Lipinski definition) is 0. The van der Waals surface area contributed by atoms with Gasteiger partial charge in [0.05, 0.1) is 0 Å². The predicted molar refractivity (Wildman–Crippen MR) is 158 cm³/mol. The number of nitrogens with zero attached hydrogens (tertiary/aromatic N) is 5. The highest BCUT2D eigenvalue weighted by Gasteiger charge is 2.42. The number of piperidine rings is 2. The third-order valence-electron chi connectivity index (χ3n) is 11.3. The molecule has 0 bridgehead atoms. The van der Waals surface area contributed by atoms with Crippen molar-refractivity contribution in [1.29, 1.82) is 0 Å². The lowest BCUT2D eigenvalue weighted by molar-refractivity contribution is 0.0784. The average molecular weight is 518 g/mol. The molecule has 1 aromatic rings. The quantitative estimate of drug-likeness (QED) is 0.474. The van der Waals surface area contributed by atoms with Crippen LogP contribution in [0.2, 0.25) is 0 Å². The van der Waals surface area contributed by atoms with Gasteiger partial charge in [0.1, 0.15) is 0 Å². The molecule has 1 aromatic carbocycles. The summed E-state index contributed by atoms with van der Waals surface area (Å²) >= 11 is 0. The molecule has 208 valence electrons. The first kappa shape index (κ1) is 25.4. The Morgan fingerprint density at radius 1 is 0.816 bits per heavy atom. The monoisotopic (exact) mass is 517 g/mol. The highest BCUT2D eigenvalue weighted by Crippen LogP contribution is 2.49. The van der Waals surface area contributed by atoms with Crippen LogP contribution in [0, 0.1) is 11.3 Å². The molecule has 4 aliphatic heterocycles. The van der Waals surface area contributed by atoms with Crippen LogP contribution in [0.25, 0.3) is 5.70 Å². The van der Waals surface area contributed by atoms with Crippen LogP contribution in [-0.2, 0) is 6.54 Å². The predicted octanol–water partition coefficient (Wildman–Crippen LogP) is 5.12. The van der Waals surface area contributed by atoms with Gasteiger partial charge in [-0.1, -0.05) is 19.6 Å². The Labute approximate surface area is 231 Å². The van der Waals surface area contributed by atoms with Gasteiger partial charge in [0.15, 0.2) is 0 Å². The molecule has 0 unspecified atom stereocenters. The van der Waals surface area contributed by atoms with E-state index in [0.717, 1.165) is 24.5 Å². The lowest BCUT2D eigenvalue weighted by atomic mass is 9.93. The summed E-state index contributed by atoms with van der Waals surface area (Å²) in [5.74, 6) is 0.934. The van der Waals surface area contributed by atoms with Gasteiger partial charge in [0.2, 0.25) is 0 Å². The van der Waals surface area contributed by atoms with Gasteiger partial charge in [-0.15, -0.1) is 0 Å². The summed E-state index contributed by atoms with van der Waals surface area (Å²) in [6.07, 6.45) is 12.6. The summed E-state index contributed by atoms with van der Waals surface area (Å²) in [6, 6.07) is 8.72. The van der Waals surface area contributed by atoms with E-state index in [2.05, 4.69) is 56.2 Å². The summed E-state index contributed by atoms with van der Waals surface area (Å²) in [4.78, 5) is 13.6. The second kappa shape index (κ2) is 10.4. The fourth-order valence-electron chi connectivity index (χ4n) is 8.14. The maximum Gasteiger partial charge on any atom is 0.0440 e. The Bertz CT molecular complexity index is 989. The van der Waals surface area contributed by atoms with Gasteiger partial charge in [-0.25, -0.2) is 0 Å². The molecule has 5 nitrogen and oxygen atoms in total. The van der Waals surface area contributed by atoms with E-state index in [4.69, 9.17) is 0 Å². The molecule has 5 heteroatoms. The molecule has 0 radical (unpaired) electrons. The van der Waals surface area contributed by atoms with Crippen LogP contribution in [0.5, 0.6) is 0 Å². The van der Waals surface area contributed by atoms with E-state index in [9.17, 15) is 0 Å². The van der Waals surface area contributed by atoms with Crippen LogP contribution in [0.3, 0.4) is 0 Å². The summed E-state index contributed by atoms with van der Waals surface area (Å²) in [5.41, 5.74) is 6.28. The molecule has 2 saturated carbocycles. The third-order valence-corrected chi connectivity index (χ3v) is 11.3. The SMILES string of the molecule is C=C1c2ccc(N3CCN(C4CCN(CC5CCN(CC6(CC)CC6)CC5)CC4)CC3)cc2CN1C1CC1. The minimum atomic E-state index is 0.717. The van der Waals surface area contributed by atoms with Gasteiger partial charge in [0, 0.05) is 74.8 Å². The number of anilines is 1. The van der Waals surface area contributed by atoms with Crippen molar-refractivity contribution in [2.75, 3.05) is 70.3 Å². The van der Waals surface area contributed by atoms with Gasteiger partial charge < -0.3 is 19.6 Å². The minimum absolute atomic E-state index is 0.717. The van der Waals surface area contributed by atoms with Crippen molar-refractivity contribution in [3.63, 3.8) is 0 Å². The molecular weight excluding hydrogens is 466 g/mol. The van der Waals surface area contributed by atoms with E-state index in [1.807, 2.05) is 0 Å². The normalized spacial score (nSPS) is 27.8. The molecule has 0 aromatic heterocycles. The highest BCUT2D eigenvalue weighted by atomic mass is 15.3. The maximum absolute atomic E-state index is 4.40. The van der Waals surface area contributed by atoms with Gasteiger partial charge >= 0.3 is 0 Å². The van der Waals surface area contributed by atoms with Crippen LogP contribution in [0.4, 0.5) is 5.69 Å². The van der Waals surface area contributed by atoms with Crippen LogP contribution in [0.1, 0.15) is 75.8 Å². The summed E-state index contributed by atoms with van der Waals surface area (Å²) in [6.45, 7) is 20.7. The zero-order valence-corrected chi connectivity index (χ0v) is 24.0. The smallest absolute Gasteiger partial charge is 0.0440 e. The number of hydrogen-bond acceptors (Lipinski definition) is 5. The maximum atomic E-state index is 4.40. The Kier molecular flexibility index (Phi) is 6.98. The second-order valence-corrected chi connectivity index (χ2v) is 13.8. The summed E-state index contributed by atoms with van der Waals surface area (Å²) < 4.78 is 0.